The Labute approximate surface area is 98.4 Å². The van der Waals surface area contributed by atoms with E-state index in [4.69, 9.17) is 0 Å². The highest BCUT2D eigenvalue weighted by molar-refractivity contribution is 5.97. The molecule has 0 amide bonds. The third-order valence-corrected chi connectivity index (χ3v) is 2.95. The largest absolute Gasteiger partial charge is 0.315 e. The summed E-state index contributed by atoms with van der Waals surface area (Å²) in [6.07, 6.45) is 1.54. The van der Waals surface area contributed by atoms with Crippen LogP contribution in [0.3, 0.4) is 0 Å². The Bertz CT molecular complexity index is 530. The van der Waals surface area contributed by atoms with Crippen molar-refractivity contribution < 1.29 is 4.79 Å². The second-order valence-electron chi connectivity index (χ2n) is 4.09. The molecule has 1 saturated heterocycles. The monoisotopic (exact) mass is 228 g/mol. The molecule has 86 valence electrons. The predicted octanol–water partition coefficient (Wildman–Crippen LogP) is 0.669. The number of nitrogens with one attached hydrogen (secondary N) is 1. The molecule has 5 heteroatoms. The molecule has 2 aromatic rings. The van der Waals surface area contributed by atoms with Crippen molar-refractivity contribution >= 4 is 5.78 Å². The summed E-state index contributed by atoms with van der Waals surface area (Å²) in [4.78, 5) is 12.1. The van der Waals surface area contributed by atoms with Crippen LogP contribution >= 0.6 is 0 Å². The Hall–Kier alpha value is -2.01. The molecule has 0 spiro atoms. The first-order valence-corrected chi connectivity index (χ1v) is 5.57. The second-order valence-corrected chi connectivity index (χ2v) is 4.09. The molecule has 0 radical (unpaired) electrons. The van der Waals surface area contributed by atoms with Crippen molar-refractivity contribution in [2.45, 2.75) is 0 Å². The van der Waals surface area contributed by atoms with Crippen molar-refractivity contribution in [3.63, 3.8) is 0 Å². The lowest BCUT2D eigenvalue weighted by molar-refractivity contribution is 0.0870. The van der Waals surface area contributed by atoms with Gasteiger partial charge in [0.15, 0.2) is 5.78 Å². The normalized spacial score (nSPS) is 15.5. The third-order valence-electron chi connectivity index (χ3n) is 2.95. The average molecular weight is 228 g/mol. The van der Waals surface area contributed by atoms with E-state index >= 15 is 0 Å². The van der Waals surface area contributed by atoms with Gasteiger partial charge in [-0.3, -0.25) is 4.79 Å². The van der Waals surface area contributed by atoms with E-state index in [1.165, 1.54) is 6.20 Å². The Morgan fingerprint density at radius 1 is 1.29 bits per heavy atom. The summed E-state index contributed by atoms with van der Waals surface area (Å²) in [6.45, 7) is 1.50. The lowest BCUT2D eigenvalue weighted by Crippen LogP contribution is -2.46. The number of benzene rings is 1. The highest BCUT2D eigenvalue weighted by atomic mass is 16.1. The van der Waals surface area contributed by atoms with Crippen LogP contribution in [0.25, 0.3) is 5.69 Å². The summed E-state index contributed by atoms with van der Waals surface area (Å²) in [5, 5.41) is 10.9. The van der Waals surface area contributed by atoms with Crippen LogP contribution in [0.15, 0.2) is 36.5 Å². The molecule has 3 rings (SSSR count). The van der Waals surface area contributed by atoms with E-state index in [0.717, 1.165) is 18.8 Å². The third kappa shape index (κ3) is 1.74. The fraction of sp³-hybridized carbons (Fsp3) is 0.250. The molecule has 5 nitrogen and oxygen atoms in total. The first-order chi connectivity index (χ1) is 8.36. The summed E-state index contributed by atoms with van der Waals surface area (Å²) < 4.78 is 1.60. The molecule has 1 aliphatic heterocycles. The van der Waals surface area contributed by atoms with Crippen LogP contribution in [-0.4, -0.2) is 33.9 Å². The van der Waals surface area contributed by atoms with Gasteiger partial charge in [0.2, 0.25) is 0 Å². The van der Waals surface area contributed by atoms with E-state index in [-0.39, 0.29) is 11.7 Å². The molecular formula is C12H12N4O. The number of carbonyl (C=O) groups excluding carboxylic acids is 1. The van der Waals surface area contributed by atoms with E-state index in [1.807, 2.05) is 30.3 Å². The fourth-order valence-corrected chi connectivity index (χ4v) is 1.85. The Kier molecular flexibility index (Phi) is 2.45. The van der Waals surface area contributed by atoms with E-state index in [2.05, 4.69) is 15.6 Å². The molecule has 1 aromatic heterocycles. The minimum absolute atomic E-state index is 0.0657. The zero-order valence-electron chi connectivity index (χ0n) is 9.21. The van der Waals surface area contributed by atoms with Crippen molar-refractivity contribution in [3.8, 4) is 5.69 Å². The van der Waals surface area contributed by atoms with Crippen molar-refractivity contribution in [2.75, 3.05) is 13.1 Å². The smallest absolute Gasteiger partial charge is 0.188 e. The fourth-order valence-electron chi connectivity index (χ4n) is 1.85. The van der Waals surface area contributed by atoms with E-state index in [9.17, 15) is 4.79 Å². The Balaban J connectivity index is 1.96. The number of Topliss-reactive ketones (excluding diaryl/α,β-unsaturated/α-hetero) is 1. The molecule has 0 unspecified atom stereocenters. The summed E-state index contributed by atoms with van der Waals surface area (Å²) >= 11 is 0. The van der Waals surface area contributed by atoms with Crippen LogP contribution in [0, 0.1) is 5.92 Å². The van der Waals surface area contributed by atoms with Gasteiger partial charge < -0.3 is 5.32 Å². The molecule has 0 atom stereocenters. The summed E-state index contributed by atoms with van der Waals surface area (Å²) in [7, 11) is 0. The van der Waals surface area contributed by atoms with Gasteiger partial charge in [-0.25, -0.2) is 4.68 Å². The molecular weight excluding hydrogens is 216 g/mol. The molecule has 0 bridgehead atoms. The average Bonchev–Trinajstić information content (AvgIpc) is 2.76. The van der Waals surface area contributed by atoms with Gasteiger partial charge in [0.1, 0.15) is 5.69 Å². The van der Waals surface area contributed by atoms with Crippen LogP contribution in [-0.2, 0) is 0 Å². The molecule has 0 aliphatic carbocycles. The van der Waals surface area contributed by atoms with Gasteiger partial charge in [-0.15, -0.1) is 5.10 Å². The first-order valence-electron chi connectivity index (χ1n) is 5.57. The Morgan fingerprint density at radius 2 is 2.06 bits per heavy atom. The van der Waals surface area contributed by atoms with E-state index in [1.54, 1.807) is 4.68 Å². The number of hydrogen-bond acceptors (Lipinski definition) is 4. The lowest BCUT2D eigenvalue weighted by Gasteiger charge is -2.25. The van der Waals surface area contributed by atoms with Crippen LogP contribution in [0.4, 0.5) is 0 Å². The summed E-state index contributed by atoms with van der Waals surface area (Å²) in [6, 6.07) is 9.57. The van der Waals surface area contributed by atoms with E-state index < -0.39 is 0 Å². The molecule has 1 aliphatic rings. The topological polar surface area (TPSA) is 59.8 Å². The highest BCUT2D eigenvalue weighted by Crippen LogP contribution is 2.15. The predicted molar refractivity (Wildman–Crippen MR) is 62.0 cm³/mol. The van der Waals surface area contributed by atoms with Gasteiger partial charge in [-0.1, -0.05) is 23.4 Å². The van der Waals surface area contributed by atoms with Gasteiger partial charge in [0.05, 0.1) is 11.9 Å². The quantitative estimate of drug-likeness (QED) is 0.784. The maximum atomic E-state index is 12.1. The maximum absolute atomic E-state index is 12.1. The zero-order valence-corrected chi connectivity index (χ0v) is 9.21. The number of rotatable bonds is 3. The number of aromatic nitrogens is 3. The molecule has 2 heterocycles. The molecule has 1 N–H and O–H groups in total. The molecule has 1 aromatic carbocycles. The standard InChI is InChI=1S/C12H12N4O/c17-12(9-6-13-7-9)11-8-14-15-16(11)10-4-2-1-3-5-10/h1-5,8-9,13H,6-7H2. The SMILES string of the molecule is O=C(c1cnnn1-c1ccccc1)C1CNC1. The van der Waals surface area contributed by atoms with Gasteiger partial charge >= 0.3 is 0 Å². The van der Waals surface area contributed by atoms with E-state index in [0.29, 0.717) is 5.69 Å². The molecule has 1 fully saturated rings. The van der Waals surface area contributed by atoms with Gasteiger partial charge in [0, 0.05) is 19.0 Å². The van der Waals surface area contributed by atoms with Crippen LogP contribution < -0.4 is 5.32 Å². The van der Waals surface area contributed by atoms with Crippen LogP contribution in [0.2, 0.25) is 0 Å². The van der Waals surface area contributed by atoms with Crippen molar-refractivity contribution in [1.29, 1.82) is 0 Å². The van der Waals surface area contributed by atoms with Crippen LogP contribution in [0.1, 0.15) is 10.5 Å². The molecule has 17 heavy (non-hydrogen) atoms. The first kappa shape index (κ1) is 10.2. The van der Waals surface area contributed by atoms with Crippen molar-refractivity contribution in [1.82, 2.24) is 20.3 Å². The van der Waals surface area contributed by atoms with Gasteiger partial charge in [0.25, 0.3) is 0 Å². The summed E-state index contributed by atoms with van der Waals surface area (Å²) in [5.74, 6) is 0.175. The second kappa shape index (κ2) is 4.10. The summed E-state index contributed by atoms with van der Waals surface area (Å²) in [5.41, 5.74) is 1.42. The Morgan fingerprint density at radius 3 is 2.71 bits per heavy atom. The number of para-hydroxylation sites is 1. The van der Waals surface area contributed by atoms with Crippen molar-refractivity contribution in [2.24, 2.45) is 5.92 Å². The molecule has 0 saturated carbocycles. The van der Waals surface area contributed by atoms with Gasteiger partial charge in [-0.05, 0) is 12.1 Å². The van der Waals surface area contributed by atoms with Crippen LogP contribution in [0.5, 0.6) is 0 Å². The number of hydrogen-bond donors (Lipinski definition) is 1. The van der Waals surface area contributed by atoms with Gasteiger partial charge in [-0.2, -0.15) is 0 Å². The highest BCUT2D eigenvalue weighted by Gasteiger charge is 2.28. The minimum Gasteiger partial charge on any atom is -0.315 e. The zero-order chi connectivity index (χ0) is 11.7. The minimum atomic E-state index is 0.0657. The lowest BCUT2D eigenvalue weighted by atomic mass is 9.96. The number of nitrogens with zero attached hydrogens (tertiary/aromatic N) is 3. The number of ketones is 1. The van der Waals surface area contributed by atoms with Crippen molar-refractivity contribution in [3.05, 3.63) is 42.2 Å². The maximum Gasteiger partial charge on any atom is 0.188 e. The number of carbonyl (C=O) groups is 1.